The molecular weight excluding hydrogens is 428 g/mol. The largest absolute Gasteiger partial charge is 0.497 e. The molecular formula is C22H26N6OS2. The summed E-state index contributed by atoms with van der Waals surface area (Å²) < 4.78 is 7.55. The van der Waals surface area contributed by atoms with Gasteiger partial charge in [0.05, 0.1) is 13.3 Å². The van der Waals surface area contributed by atoms with E-state index in [2.05, 4.69) is 56.5 Å². The SMILES string of the molecule is COc1ccc(CSc2nnc3n2-c2sc4c(c2C2NC(C)NN32)[C@@H](C)CCC4)cc1. The lowest BCUT2D eigenvalue weighted by Gasteiger charge is -2.32. The van der Waals surface area contributed by atoms with E-state index in [1.807, 2.05) is 23.5 Å². The lowest BCUT2D eigenvalue weighted by Crippen LogP contribution is -2.40. The number of rotatable bonds is 4. The van der Waals surface area contributed by atoms with E-state index in [9.17, 15) is 0 Å². The predicted octanol–water partition coefficient (Wildman–Crippen LogP) is 4.34. The van der Waals surface area contributed by atoms with Crippen molar-refractivity contribution in [1.82, 2.24) is 25.5 Å². The summed E-state index contributed by atoms with van der Waals surface area (Å²) in [6, 6.07) is 8.24. The Morgan fingerprint density at radius 1 is 1.19 bits per heavy atom. The van der Waals surface area contributed by atoms with Gasteiger partial charge in [0, 0.05) is 16.2 Å². The Hall–Kier alpha value is -2.07. The molecule has 6 rings (SSSR count). The van der Waals surface area contributed by atoms with E-state index < -0.39 is 0 Å². The van der Waals surface area contributed by atoms with Gasteiger partial charge in [-0.2, -0.15) is 0 Å². The zero-order valence-corrected chi connectivity index (χ0v) is 19.5. The number of aromatic nitrogens is 3. The molecule has 0 spiro atoms. The number of hydrazine groups is 1. The smallest absolute Gasteiger partial charge is 0.249 e. The van der Waals surface area contributed by atoms with Crippen LogP contribution in [0.4, 0.5) is 5.95 Å². The van der Waals surface area contributed by atoms with Crippen molar-refractivity contribution < 1.29 is 4.74 Å². The predicted molar refractivity (Wildman–Crippen MR) is 124 cm³/mol. The van der Waals surface area contributed by atoms with E-state index in [4.69, 9.17) is 4.74 Å². The third-order valence-electron chi connectivity index (χ3n) is 6.41. The van der Waals surface area contributed by atoms with Crippen LogP contribution in [0.25, 0.3) is 5.00 Å². The molecule has 0 radical (unpaired) electrons. The topological polar surface area (TPSA) is 67.2 Å². The van der Waals surface area contributed by atoms with Crippen LogP contribution in [0.15, 0.2) is 29.4 Å². The zero-order valence-electron chi connectivity index (χ0n) is 17.9. The van der Waals surface area contributed by atoms with Gasteiger partial charge in [-0.1, -0.05) is 30.8 Å². The number of aryl methyl sites for hydroxylation is 1. The molecule has 4 heterocycles. The fourth-order valence-electron chi connectivity index (χ4n) is 4.94. The van der Waals surface area contributed by atoms with Crippen LogP contribution in [0.5, 0.6) is 5.75 Å². The minimum Gasteiger partial charge on any atom is -0.497 e. The lowest BCUT2D eigenvalue weighted by molar-refractivity contribution is 0.414. The molecule has 0 amide bonds. The van der Waals surface area contributed by atoms with Gasteiger partial charge < -0.3 is 4.74 Å². The Kier molecular flexibility index (Phi) is 4.75. The zero-order chi connectivity index (χ0) is 21.1. The van der Waals surface area contributed by atoms with Crippen molar-refractivity contribution in [1.29, 1.82) is 0 Å². The first kappa shape index (κ1) is 19.6. The molecule has 9 heteroatoms. The Labute approximate surface area is 190 Å². The van der Waals surface area contributed by atoms with Crippen molar-refractivity contribution in [2.75, 3.05) is 12.1 Å². The highest BCUT2D eigenvalue weighted by atomic mass is 32.2. The number of nitrogens with one attached hydrogen (secondary N) is 2. The summed E-state index contributed by atoms with van der Waals surface area (Å²) in [6.07, 6.45) is 4.02. The highest BCUT2D eigenvalue weighted by molar-refractivity contribution is 7.98. The van der Waals surface area contributed by atoms with Crippen LogP contribution in [-0.2, 0) is 12.2 Å². The molecule has 3 aromatic rings. The summed E-state index contributed by atoms with van der Waals surface area (Å²) in [7, 11) is 1.70. The van der Waals surface area contributed by atoms with Gasteiger partial charge in [-0.25, -0.2) is 9.99 Å². The van der Waals surface area contributed by atoms with Crippen LogP contribution in [0, 0.1) is 0 Å². The van der Waals surface area contributed by atoms with E-state index in [0.29, 0.717) is 5.92 Å². The first-order valence-corrected chi connectivity index (χ1v) is 12.6. The second-order valence-corrected chi connectivity index (χ2v) is 10.5. The molecule has 1 aromatic carbocycles. The molecule has 1 saturated heterocycles. The number of hydrogen-bond donors (Lipinski definition) is 2. The van der Waals surface area contributed by atoms with Gasteiger partial charge in [0.25, 0.3) is 0 Å². The first-order valence-electron chi connectivity index (χ1n) is 10.8. The van der Waals surface area contributed by atoms with Crippen molar-refractivity contribution in [3.05, 3.63) is 45.8 Å². The minimum absolute atomic E-state index is 0.113. The van der Waals surface area contributed by atoms with E-state index in [-0.39, 0.29) is 12.3 Å². The van der Waals surface area contributed by atoms with E-state index in [1.54, 1.807) is 24.4 Å². The quantitative estimate of drug-likeness (QED) is 0.569. The van der Waals surface area contributed by atoms with Crippen molar-refractivity contribution in [3.8, 4) is 10.8 Å². The standard InChI is InChI=1S/C22H26N6OS2/c1-12-5-4-6-16-17(12)18-19-23-13(2)26-28(19)21-24-25-22(27(21)20(18)31-16)30-11-14-7-9-15(29-3)10-8-14/h7-10,12-13,19,23,26H,4-6,11H2,1-3H3/t12-,13?,19?/m0/s1. The third kappa shape index (κ3) is 3.09. The van der Waals surface area contributed by atoms with E-state index >= 15 is 0 Å². The van der Waals surface area contributed by atoms with Crippen LogP contribution >= 0.6 is 23.1 Å². The molecule has 1 fully saturated rings. The van der Waals surface area contributed by atoms with Gasteiger partial charge in [0.1, 0.15) is 16.9 Å². The van der Waals surface area contributed by atoms with Crippen LogP contribution < -0.4 is 20.5 Å². The van der Waals surface area contributed by atoms with Gasteiger partial charge in [-0.15, -0.1) is 21.5 Å². The fourth-order valence-corrected chi connectivity index (χ4v) is 7.38. The Morgan fingerprint density at radius 3 is 2.84 bits per heavy atom. The van der Waals surface area contributed by atoms with Crippen LogP contribution in [0.1, 0.15) is 60.3 Å². The molecule has 7 nitrogen and oxygen atoms in total. The van der Waals surface area contributed by atoms with Gasteiger partial charge in [-0.05, 0) is 55.4 Å². The molecule has 0 bridgehead atoms. The van der Waals surface area contributed by atoms with Crippen molar-refractivity contribution >= 4 is 29.0 Å². The van der Waals surface area contributed by atoms with E-state index in [1.165, 1.54) is 40.3 Å². The molecule has 3 atom stereocenters. The Bertz CT molecular complexity index is 1120. The summed E-state index contributed by atoms with van der Waals surface area (Å²) in [6.45, 7) is 4.53. The maximum atomic E-state index is 5.28. The molecule has 3 aliphatic rings. The molecule has 0 saturated carbocycles. The number of thiophene rings is 1. The van der Waals surface area contributed by atoms with Crippen LogP contribution in [-0.4, -0.2) is 28.0 Å². The fraction of sp³-hybridized carbons (Fsp3) is 0.455. The van der Waals surface area contributed by atoms with E-state index in [0.717, 1.165) is 22.6 Å². The second kappa shape index (κ2) is 7.51. The number of anilines is 1. The van der Waals surface area contributed by atoms with Crippen molar-refractivity contribution in [2.45, 2.75) is 62.3 Å². The maximum Gasteiger partial charge on any atom is 0.249 e. The monoisotopic (exact) mass is 454 g/mol. The minimum atomic E-state index is 0.113. The van der Waals surface area contributed by atoms with Gasteiger partial charge >= 0.3 is 0 Å². The number of methoxy groups -OCH3 is 1. The highest BCUT2D eigenvalue weighted by Crippen LogP contribution is 2.50. The Morgan fingerprint density at radius 2 is 2.03 bits per heavy atom. The second-order valence-electron chi connectivity index (χ2n) is 8.50. The molecule has 2 aliphatic heterocycles. The molecule has 1 aliphatic carbocycles. The van der Waals surface area contributed by atoms with Gasteiger partial charge in [0.2, 0.25) is 5.95 Å². The summed E-state index contributed by atoms with van der Waals surface area (Å²) in [5.41, 5.74) is 7.76. The maximum absolute atomic E-state index is 5.28. The number of ether oxygens (including phenoxy) is 1. The normalized spacial score (nSPS) is 23.8. The lowest BCUT2D eigenvalue weighted by atomic mass is 9.85. The summed E-state index contributed by atoms with van der Waals surface area (Å²) in [4.78, 5) is 1.54. The average molecular weight is 455 g/mol. The van der Waals surface area contributed by atoms with Crippen LogP contribution in [0.3, 0.4) is 0 Å². The third-order valence-corrected chi connectivity index (χ3v) is 8.68. The van der Waals surface area contributed by atoms with Crippen molar-refractivity contribution in [3.63, 3.8) is 0 Å². The number of thioether (sulfide) groups is 1. The summed E-state index contributed by atoms with van der Waals surface area (Å²) in [5.74, 6) is 3.18. The number of fused-ring (bicyclic) bond motifs is 8. The summed E-state index contributed by atoms with van der Waals surface area (Å²) in [5, 5.41) is 17.3. The summed E-state index contributed by atoms with van der Waals surface area (Å²) >= 11 is 3.67. The highest BCUT2D eigenvalue weighted by Gasteiger charge is 2.44. The Balaban J connectivity index is 1.40. The average Bonchev–Trinajstić information content (AvgIpc) is 3.47. The number of nitrogens with zero attached hydrogens (tertiary/aromatic N) is 4. The van der Waals surface area contributed by atoms with Gasteiger partial charge in [0.15, 0.2) is 5.16 Å². The molecule has 31 heavy (non-hydrogen) atoms. The van der Waals surface area contributed by atoms with Crippen molar-refractivity contribution in [2.24, 2.45) is 0 Å². The molecule has 2 aromatic heterocycles. The molecule has 2 N–H and O–H groups in total. The first-order chi connectivity index (χ1) is 15.1. The van der Waals surface area contributed by atoms with Crippen LogP contribution in [0.2, 0.25) is 0 Å². The molecule has 2 unspecified atom stereocenters. The van der Waals surface area contributed by atoms with Gasteiger partial charge in [-0.3, -0.25) is 10.3 Å². The molecule has 162 valence electrons. The number of hydrogen-bond acceptors (Lipinski definition) is 8. The number of benzene rings is 1.